The highest BCUT2D eigenvalue weighted by Crippen LogP contribution is 2.25. The molecule has 0 aliphatic rings. The second-order valence-corrected chi connectivity index (χ2v) is 4.09. The average molecular weight is 305 g/mol. The quantitative estimate of drug-likeness (QED) is 0.365. The zero-order valence-corrected chi connectivity index (χ0v) is 9.86. The van der Waals surface area contributed by atoms with Crippen LogP contribution < -0.4 is 0 Å². The number of benzene rings is 1. The monoisotopic (exact) mass is 305 g/mol. The van der Waals surface area contributed by atoms with Gasteiger partial charge in [0.1, 0.15) is 0 Å². The SMILES string of the molecule is CC(=O)c1cc([N+](=O)[O-])c(I)cc1C. The second-order valence-electron chi connectivity index (χ2n) is 2.93. The summed E-state index contributed by atoms with van der Waals surface area (Å²) in [5.41, 5.74) is 1.17. The molecule has 0 bridgehead atoms. The van der Waals surface area contributed by atoms with E-state index in [0.717, 1.165) is 5.56 Å². The van der Waals surface area contributed by atoms with Crippen molar-refractivity contribution < 1.29 is 9.72 Å². The summed E-state index contributed by atoms with van der Waals surface area (Å²) in [6, 6.07) is 2.98. The molecule has 0 saturated heterocycles. The zero-order valence-electron chi connectivity index (χ0n) is 7.70. The molecule has 1 rings (SSSR count). The fourth-order valence-electron chi connectivity index (χ4n) is 1.18. The molecule has 1 aromatic carbocycles. The third kappa shape index (κ3) is 2.09. The molecule has 0 aliphatic heterocycles. The number of nitro groups is 1. The van der Waals surface area contributed by atoms with E-state index in [0.29, 0.717) is 9.13 Å². The van der Waals surface area contributed by atoms with Crippen LogP contribution in [-0.4, -0.2) is 10.7 Å². The molecule has 0 heterocycles. The molecule has 0 fully saturated rings. The minimum Gasteiger partial charge on any atom is -0.294 e. The molecule has 74 valence electrons. The average Bonchev–Trinajstić information content (AvgIpc) is 2.02. The number of ketones is 1. The highest BCUT2D eigenvalue weighted by molar-refractivity contribution is 14.1. The van der Waals surface area contributed by atoms with Gasteiger partial charge in [0.25, 0.3) is 5.69 Å². The summed E-state index contributed by atoms with van der Waals surface area (Å²) >= 11 is 1.89. The van der Waals surface area contributed by atoms with Crippen molar-refractivity contribution in [3.05, 3.63) is 36.9 Å². The van der Waals surface area contributed by atoms with Gasteiger partial charge in [-0.3, -0.25) is 14.9 Å². The van der Waals surface area contributed by atoms with Crippen LogP contribution in [0.4, 0.5) is 5.69 Å². The van der Waals surface area contributed by atoms with E-state index in [1.807, 2.05) is 22.6 Å². The first kappa shape index (κ1) is 11.1. The summed E-state index contributed by atoms with van der Waals surface area (Å²) in [4.78, 5) is 21.2. The van der Waals surface area contributed by atoms with E-state index in [1.54, 1.807) is 13.0 Å². The number of aryl methyl sites for hydroxylation is 1. The van der Waals surface area contributed by atoms with Crippen molar-refractivity contribution in [3.8, 4) is 0 Å². The van der Waals surface area contributed by atoms with Gasteiger partial charge in [-0.2, -0.15) is 0 Å². The summed E-state index contributed by atoms with van der Waals surface area (Å²) in [5, 5.41) is 10.6. The highest BCUT2D eigenvalue weighted by Gasteiger charge is 2.16. The van der Waals surface area contributed by atoms with Gasteiger partial charge in [0.15, 0.2) is 5.78 Å². The topological polar surface area (TPSA) is 60.2 Å². The smallest absolute Gasteiger partial charge is 0.283 e. The van der Waals surface area contributed by atoms with E-state index in [4.69, 9.17) is 0 Å². The summed E-state index contributed by atoms with van der Waals surface area (Å²) in [5.74, 6) is -0.151. The van der Waals surface area contributed by atoms with E-state index in [2.05, 4.69) is 0 Å². The van der Waals surface area contributed by atoms with Gasteiger partial charge in [0.05, 0.1) is 8.49 Å². The molecule has 1 aromatic rings. The summed E-state index contributed by atoms with van der Waals surface area (Å²) in [6.45, 7) is 3.17. The largest absolute Gasteiger partial charge is 0.294 e. The summed E-state index contributed by atoms with van der Waals surface area (Å²) in [7, 11) is 0. The standard InChI is InChI=1S/C9H8INO3/c1-5-3-8(10)9(11(13)14)4-7(5)6(2)12/h3-4H,1-2H3. The third-order valence-corrected chi connectivity index (χ3v) is 2.73. The van der Waals surface area contributed by atoms with Gasteiger partial charge < -0.3 is 0 Å². The van der Waals surface area contributed by atoms with Gasteiger partial charge in [-0.05, 0) is 48.1 Å². The van der Waals surface area contributed by atoms with Crippen LogP contribution in [0.15, 0.2) is 12.1 Å². The number of carbonyl (C=O) groups is 1. The second kappa shape index (κ2) is 4.04. The van der Waals surface area contributed by atoms with Crippen molar-refractivity contribution in [3.63, 3.8) is 0 Å². The van der Waals surface area contributed by atoms with Crippen LogP contribution in [0.1, 0.15) is 22.8 Å². The van der Waals surface area contributed by atoms with Crippen molar-refractivity contribution >= 4 is 34.1 Å². The zero-order chi connectivity index (χ0) is 10.9. The molecular weight excluding hydrogens is 297 g/mol. The fraction of sp³-hybridized carbons (Fsp3) is 0.222. The molecular formula is C9H8INO3. The molecule has 0 unspecified atom stereocenters. The lowest BCUT2D eigenvalue weighted by Gasteiger charge is -2.03. The van der Waals surface area contributed by atoms with E-state index in [-0.39, 0.29) is 11.5 Å². The first-order valence-corrected chi connectivity index (χ1v) is 4.97. The Labute approximate surface area is 94.6 Å². The van der Waals surface area contributed by atoms with Crippen molar-refractivity contribution in [2.45, 2.75) is 13.8 Å². The number of Topliss-reactive ketones (excluding diaryl/α,β-unsaturated/α-hetero) is 1. The van der Waals surface area contributed by atoms with E-state index < -0.39 is 4.92 Å². The van der Waals surface area contributed by atoms with Crippen LogP contribution in [0.2, 0.25) is 0 Å². The van der Waals surface area contributed by atoms with Crippen LogP contribution >= 0.6 is 22.6 Å². The molecule has 0 atom stereocenters. The van der Waals surface area contributed by atoms with Crippen molar-refractivity contribution in [1.29, 1.82) is 0 Å². The summed E-state index contributed by atoms with van der Waals surface area (Å²) < 4.78 is 0.551. The van der Waals surface area contributed by atoms with Crippen molar-refractivity contribution in [2.75, 3.05) is 0 Å². The molecule has 0 saturated carbocycles. The lowest BCUT2D eigenvalue weighted by molar-refractivity contribution is -0.385. The maximum Gasteiger partial charge on any atom is 0.283 e. The molecule has 5 heteroatoms. The van der Waals surface area contributed by atoms with Gasteiger partial charge in [-0.15, -0.1) is 0 Å². The molecule has 0 radical (unpaired) electrons. The molecule has 0 aromatic heterocycles. The lowest BCUT2D eigenvalue weighted by Crippen LogP contribution is -2.00. The Hall–Kier alpha value is -0.980. The molecule has 0 amide bonds. The molecule has 4 nitrogen and oxygen atoms in total. The molecule has 14 heavy (non-hydrogen) atoms. The van der Waals surface area contributed by atoms with Gasteiger partial charge in [-0.1, -0.05) is 0 Å². The van der Waals surface area contributed by atoms with Crippen LogP contribution in [0, 0.1) is 20.6 Å². The minimum absolute atomic E-state index is 0.0126. The van der Waals surface area contributed by atoms with Crippen molar-refractivity contribution in [1.82, 2.24) is 0 Å². The maximum atomic E-state index is 11.1. The van der Waals surface area contributed by atoms with Gasteiger partial charge in [0.2, 0.25) is 0 Å². The van der Waals surface area contributed by atoms with Crippen LogP contribution in [-0.2, 0) is 0 Å². The molecule has 0 N–H and O–H groups in total. The minimum atomic E-state index is -0.479. The number of nitro benzene ring substituents is 1. The first-order valence-electron chi connectivity index (χ1n) is 3.89. The van der Waals surface area contributed by atoms with Gasteiger partial charge in [0, 0.05) is 11.6 Å². The summed E-state index contributed by atoms with van der Waals surface area (Å²) in [6.07, 6.45) is 0. The van der Waals surface area contributed by atoms with Gasteiger partial charge in [-0.25, -0.2) is 0 Å². The number of nitrogens with zero attached hydrogens (tertiary/aromatic N) is 1. The predicted octanol–water partition coefficient (Wildman–Crippen LogP) is 2.71. The number of hydrogen-bond donors (Lipinski definition) is 0. The lowest BCUT2D eigenvalue weighted by atomic mass is 10.1. The Bertz CT molecular complexity index is 380. The Morgan fingerprint density at radius 1 is 1.50 bits per heavy atom. The van der Waals surface area contributed by atoms with E-state index in [1.165, 1.54) is 13.0 Å². The third-order valence-electron chi connectivity index (χ3n) is 1.87. The van der Waals surface area contributed by atoms with E-state index in [9.17, 15) is 14.9 Å². The normalized spacial score (nSPS) is 9.93. The molecule has 0 aliphatic carbocycles. The van der Waals surface area contributed by atoms with Crippen LogP contribution in [0.5, 0.6) is 0 Å². The van der Waals surface area contributed by atoms with E-state index >= 15 is 0 Å². The Morgan fingerprint density at radius 3 is 2.50 bits per heavy atom. The maximum absolute atomic E-state index is 11.1. The number of hydrogen-bond acceptors (Lipinski definition) is 3. The Morgan fingerprint density at radius 2 is 2.07 bits per heavy atom. The Balaban J connectivity index is 3.42. The fourth-order valence-corrected chi connectivity index (χ4v) is 2.00. The van der Waals surface area contributed by atoms with Crippen LogP contribution in [0.3, 0.4) is 0 Å². The first-order chi connectivity index (χ1) is 6.43. The van der Waals surface area contributed by atoms with Gasteiger partial charge >= 0.3 is 0 Å². The predicted molar refractivity (Wildman–Crippen MR) is 60.6 cm³/mol. The highest BCUT2D eigenvalue weighted by atomic mass is 127. The Kier molecular flexibility index (Phi) is 3.20. The molecule has 0 spiro atoms. The van der Waals surface area contributed by atoms with Crippen molar-refractivity contribution in [2.24, 2.45) is 0 Å². The van der Waals surface area contributed by atoms with Crippen LogP contribution in [0.25, 0.3) is 0 Å². The number of halogens is 1. The number of carbonyl (C=O) groups excluding carboxylic acids is 1. The number of rotatable bonds is 2.